The molecular formula is C13H23NO4. The van der Waals surface area contributed by atoms with Gasteiger partial charge in [0.1, 0.15) is 17.6 Å². The molecule has 1 rings (SSSR count). The van der Waals surface area contributed by atoms with E-state index in [1.165, 1.54) is 6.92 Å². The van der Waals surface area contributed by atoms with Crippen molar-refractivity contribution in [2.24, 2.45) is 11.7 Å². The standard InChI is InChI=1S/C13H23NO4/c1-8(15)17-10-7-5-6-9(14)11(10)12(16)18-13(2,3)4/h9-11H,5-7,14H2,1-4H3/t9-,10-,11+/m0/s1. The van der Waals surface area contributed by atoms with Crippen LogP contribution in [0.5, 0.6) is 0 Å². The minimum atomic E-state index is -0.560. The Kier molecular flexibility index (Phi) is 4.73. The molecule has 0 aromatic carbocycles. The maximum absolute atomic E-state index is 12.1. The average Bonchev–Trinajstić information content (AvgIpc) is 2.13. The van der Waals surface area contributed by atoms with Crippen LogP contribution in [0.15, 0.2) is 0 Å². The van der Waals surface area contributed by atoms with Gasteiger partial charge >= 0.3 is 11.9 Å². The molecule has 1 aliphatic carbocycles. The summed E-state index contributed by atoms with van der Waals surface area (Å²) in [7, 11) is 0. The van der Waals surface area contributed by atoms with Crippen molar-refractivity contribution in [2.75, 3.05) is 0 Å². The van der Waals surface area contributed by atoms with E-state index in [2.05, 4.69) is 0 Å². The van der Waals surface area contributed by atoms with Gasteiger partial charge in [0.2, 0.25) is 0 Å². The van der Waals surface area contributed by atoms with E-state index in [0.717, 1.165) is 12.8 Å². The Hall–Kier alpha value is -1.10. The fourth-order valence-electron chi connectivity index (χ4n) is 2.23. The molecule has 5 heteroatoms. The van der Waals surface area contributed by atoms with Gasteiger partial charge in [0.05, 0.1) is 0 Å². The zero-order valence-corrected chi connectivity index (χ0v) is 11.6. The number of nitrogens with two attached hydrogens (primary N) is 1. The van der Waals surface area contributed by atoms with Gasteiger partial charge < -0.3 is 15.2 Å². The van der Waals surface area contributed by atoms with Crippen molar-refractivity contribution in [3.05, 3.63) is 0 Å². The highest BCUT2D eigenvalue weighted by molar-refractivity contribution is 5.75. The van der Waals surface area contributed by atoms with Crippen molar-refractivity contribution in [1.29, 1.82) is 0 Å². The van der Waals surface area contributed by atoms with Gasteiger partial charge in [0.25, 0.3) is 0 Å². The maximum atomic E-state index is 12.1. The normalized spacial score (nSPS) is 28.6. The summed E-state index contributed by atoms with van der Waals surface area (Å²) >= 11 is 0. The third-order valence-electron chi connectivity index (χ3n) is 2.88. The largest absolute Gasteiger partial charge is 0.462 e. The summed E-state index contributed by atoms with van der Waals surface area (Å²) in [5.41, 5.74) is 5.41. The minimum Gasteiger partial charge on any atom is -0.462 e. The van der Waals surface area contributed by atoms with Gasteiger partial charge in [-0.1, -0.05) is 0 Å². The molecular weight excluding hydrogens is 234 g/mol. The Labute approximate surface area is 108 Å². The maximum Gasteiger partial charge on any atom is 0.314 e. The zero-order valence-electron chi connectivity index (χ0n) is 11.6. The molecule has 0 radical (unpaired) electrons. The highest BCUT2D eigenvalue weighted by Crippen LogP contribution is 2.28. The van der Waals surface area contributed by atoms with E-state index >= 15 is 0 Å². The first-order valence-corrected chi connectivity index (χ1v) is 6.36. The fraction of sp³-hybridized carbons (Fsp3) is 0.846. The number of esters is 2. The molecule has 0 unspecified atom stereocenters. The lowest BCUT2D eigenvalue weighted by Crippen LogP contribution is -2.49. The highest BCUT2D eigenvalue weighted by atomic mass is 16.6. The summed E-state index contributed by atoms with van der Waals surface area (Å²) in [4.78, 5) is 23.2. The fourth-order valence-corrected chi connectivity index (χ4v) is 2.23. The summed E-state index contributed by atoms with van der Waals surface area (Å²) in [5, 5.41) is 0. The molecule has 0 bridgehead atoms. The van der Waals surface area contributed by atoms with Crippen molar-refractivity contribution in [3.8, 4) is 0 Å². The lowest BCUT2D eigenvalue weighted by molar-refractivity contribution is -0.172. The monoisotopic (exact) mass is 257 g/mol. The molecule has 2 N–H and O–H groups in total. The van der Waals surface area contributed by atoms with E-state index in [1.807, 2.05) is 0 Å². The highest BCUT2D eigenvalue weighted by Gasteiger charge is 2.41. The first-order valence-electron chi connectivity index (χ1n) is 6.36. The Morgan fingerprint density at radius 2 is 1.83 bits per heavy atom. The molecule has 0 aromatic heterocycles. The molecule has 0 aromatic rings. The second-order valence-corrected chi connectivity index (χ2v) is 5.80. The van der Waals surface area contributed by atoms with Gasteiger partial charge in [-0.25, -0.2) is 0 Å². The molecule has 3 atom stereocenters. The van der Waals surface area contributed by atoms with Crippen LogP contribution in [0, 0.1) is 5.92 Å². The third-order valence-corrected chi connectivity index (χ3v) is 2.88. The lowest BCUT2D eigenvalue weighted by Gasteiger charge is -2.35. The first-order chi connectivity index (χ1) is 8.20. The third kappa shape index (κ3) is 4.29. The smallest absolute Gasteiger partial charge is 0.314 e. The quantitative estimate of drug-likeness (QED) is 0.756. The van der Waals surface area contributed by atoms with Crippen LogP contribution in [0.2, 0.25) is 0 Å². The average molecular weight is 257 g/mol. The number of hydrogen-bond donors (Lipinski definition) is 1. The van der Waals surface area contributed by atoms with Crippen molar-refractivity contribution < 1.29 is 19.1 Å². The Balaban J connectivity index is 2.77. The van der Waals surface area contributed by atoms with Gasteiger partial charge in [0, 0.05) is 13.0 Å². The second kappa shape index (κ2) is 5.69. The second-order valence-electron chi connectivity index (χ2n) is 5.80. The minimum absolute atomic E-state index is 0.307. The summed E-state index contributed by atoms with van der Waals surface area (Å²) in [5.74, 6) is -1.31. The number of rotatable bonds is 2. The van der Waals surface area contributed by atoms with Gasteiger partial charge in [0.15, 0.2) is 0 Å². The van der Waals surface area contributed by atoms with Gasteiger partial charge in [-0.05, 0) is 40.0 Å². The van der Waals surface area contributed by atoms with E-state index in [1.54, 1.807) is 20.8 Å². The van der Waals surface area contributed by atoms with Crippen LogP contribution in [0.1, 0.15) is 47.0 Å². The Morgan fingerprint density at radius 1 is 1.22 bits per heavy atom. The van der Waals surface area contributed by atoms with Crippen LogP contribution >= 0.6 is 0 Å². The van der Waals surface area contributed by atoms with Gasteiger partial charge in [-0.15, -0.1) is 0 Å². The van der Waals surface area contributed by atoms with E-state index in [9.17, 15) is 9.59 Å². The van der Waals surface area contributed by atoms with Gasteiger partial charge in [-0.2, -0.15) is 0 Å². The number of ether oxygens (including phenoxy) is 2. The van der Waals surface area contributed by atoms with E-state index < -0.39 is 17.6 Å². The van der Waals surface area contributed by atoms with Crippen LogP contribution in [0.3, 0.4) is 0 Å². The molecule has 0 spiro atoms. The molecule has 1 saturated carbocycles. The molecule has 0 amide bonds. The molecule has 18 heavy (non-hydrogen) atoms. The molecule has 104 valence electrons. The molecule has 1 aliphatic rings. The Bertz CT molecular complexity index is 321. The van der Waals surface area contributed by atoms with Crippen molar-refractivity contribution in [2.45, 2.75) is 64.7 Å². The summed E-state index contributed by atoms with van der Waals surface area (Å²) in [6, 6.07) is -0.307. The van der Waals surface area contributed by atoms with Crippen molar-refractivity contribution in [1.82, 2.24) is 0 Å². The van der Waals surface area contributed by atoms with Crippen LogP contribution in [0.25, 0.3) is 0 Å². The van der Waals surface area contributed by atoms with E-state index in [-0.39, 0.29) is 18.0 Å². The molecule has 0 saturated heterocycles. The van der Waals surface area contributed by atoms with E-state index in [0.29, 0.717) is 6.42 Å². The number of hydrogen-bond acceptors (Lipinski definition) is 5. The van der Waals surface area contributed by atoms with Crippen LogP contribution in [-0.2, 0) is 19.1 Å². The van der Waals surface area contributed by atoms with Crippen molar-refractivity contribution >= 4 is 11.9 Å². The molecule has 5 nitrogen and oxygen atoms in total. The summed E-state index contributed by atoms with van der Waals surface area (Å²) in [6.07, 6.45) is 1.82. The summed E-state index contributed by atoms with van der Waals surface area (Å²) < 4.78 is 10.5. The van der Waals surface area contributed by atoms with Crippen LogP contribution in [0.4, 0.5) is 0 Å². The number of carbonyl (C=O) groups is 2. The molecule has 0 heterocycles. The lowest BCUT2D eigenvalue weighted by atomic mass is 9.82. The predicted octanol–water partition coefficient (Wildman–Crippen LogP) is 1.39. The summed E-state index contributed by atoms with van der Waals surface area (Å²) in [6.45, 7) is 6.76. The molecule has 1 fully saturated rings. The Morgan fingerprint density at radius 3 is 2.33 bits per heavy atom. The predicted molar refractivity (Wildman–Crippen MR) is 66.7 cm³/mol. The van der Waals surface area contributed by atoms with E-state index in [4.69, 9.17) is 15.2 Å². The zero-order chi connectivity index (χ0) is 13.9. The number of carbonyl (C=O) groups excluding carboxylic acids is 2. The van der Waals surface area contributed by atoms with Crippen LogP contribution < -0.4 is 5.73 Å². The molecule has 0 aliphatic heterocycles. The topological polar surface area (TPSA) is 78.6 Å². The first kappa shape index (κ1) is 15.0. The van der Waals surface area contributed by atoms with Crippen LogP contribution in [-0.4, -0.2) is 29.7 Å². The SMILES string of the molecule is CC(=O)O[C@H]1CCC[C@H](N)[C@H]1C(=O)OC(C)(C)C. The van der Waals surface area contributed by atoms with Crippen molar-refractivity contribution in [3.63, 3.8) is 0 Å². The van der Waals surface area contributed by atoms with Gasteiger partial charge in [-0.3, -0.25) is 9.59 Å².